The minimum Gasteiger partial charge on any atom is -0.0622 e. The van der Waals surface area contributed by atoms with Gasteiger partial charge in [0.05, 0.1) is 0 Å². The van der Waals surface area contributed by atoms with Crippen LogP contribution < -0.4 is 0 Å². The van der Waals surface area contributed by atoms with E-state index in [4.69, 9.17) is 0 Å². The van der Waals surface area contributed by atoms with Crippen LogP contribution in [0.4, 0.5) is 0 Å². The van der Waals surface area contributed by atoms with Crippen molar-refractivity contribution in [2.45, 2.75) is 0 Å². The van der Waals surface area contributed by atoms with Crippen LogP contribution in [0.1, 0.15) is 0 Å². The predicted molar refractivity (Wildman–Crippen MR) is 266 cm³/mol. The van der Waals surface area contributed by atoms with Crippen molar-refractivity contribution in [3.05, 3.63) is 231 Å². The van der Waals surface area contributed by atoms with Crippen LogP contribution in [0.2, 0.25) is 0 Å². The summed E-state index contributed by atoms with van der Waals surface area (Å²) in [5.41, 5.74) is 14.7. The van der Waals surface area contributed by atoms with E-state index in [0.29, 0.717) is 0 Å². The van der Waals surface area contributed by atoms with Gasteiger partial charge >= 0.3 is 0 Å². The third kappa shape index (κ3) is 5.40. The molecule has 0 aliphatic rings. The zero-order valence-electron chi connectivity index (χ0n) is 33.9. The second-order valence-electron chi connectivity index (χ2n) is 16.8. The summed E-state index contributed by atoms with van der Waals surface area (Å²) in [7, 11) is 0. The molecule has 0 fully saturated rings. The highest BCUT2D eigenvalue weighted by Gasteiger charge is 2.19. The molecule has 0 heterocycles. The molecule has 13 rings (SSSR count). The standard InChI is InChI=1S/C62H38/c1-4-11-39(12-5-1)46-17-10-18-47(35-46)48-36-49(53-29-21-44-23-31-55-51(40-13-6-2-7-14-40)27-19-42-25-33-57(53)61(44)59(42)55)38-50(37-48)54-30-22-45-24-32-56-52(41-15-8-3-9-16-41)28-20-43-26-34-58(54)62(45)60(43)56/h1-38H. The molecule has 0 radical (unpaired) electrons. The summed E-state index contributed by atoms with van der Waals surface area (Å²) < 4.78 is 0. The fourth-order valence-corrected chi connectivity index (χ4v) is 10.5. The molecule has 0 saturated carbocycles. The monoisotopic (exact) mass is 782 g/mol. The topological polar surface area (TPSA) is 0 Å². The van der Waals surface area contributed by atoms with Crippen LogP contribution in [0, 0.1) is 0 Å². The first kappa shape index (κ1) is 34.8. The SMILES string of the molecule is c1ccc(-c2cccc(-c3cc(-c4ccc5ccc6c(-c7ccccc7)ccc7ccc4c5c76)cc(-c4ccc5ccc6c(-c7ccccc7)ccc7ccc4c5c76)c3)c2)cc1. The van der Waals surface area contributed by atoms with E-state index in [1.54, 1.807) is 0 Å². The van der Waals surface area contributed by atoms with Gasteiger partial charge < -0.3 is 0 Å². The summed E-state index contributed by atoms with van der Waals surface area (Å²) in [5, 5.41) is 15.5. The third-order valence-electron chi connectivity index (χ3n) is 13.4. The Morgan fingerprint density at radius 2 is 0.435 bits per heavy atom. The summed E-state index contributed by atoms with van der Waals surface area (Å²) in [6.45, 7) is 0. The maximum absolute atomic E-state index is 2.44. The lowest BCUT2D eigenvalue weighted by Gasteiger charge is -2.19. The molecule has 0 saturated heterocycles. The van der Waals surface area contributed by atoms with E-state index in [9.17, 15) is 0 Å². The molecule has 0 atom stereocenters. The van der Waals surface area contributed by atoms with E-state index >= 15 is 0 Å². The van der Waals surface area contributed by atoms with Crippen molar-refractivity contribution in [1.29, 1.82) is 0 Å². The molecule has 0 aliphatic heterocycles. The van der Waals surface area contributed by atoms with Gasteiger partial charge in [0.25, 0.3) is 0 Å². The maximum Gasteiger partial charge on any atom is -0.00203 e. The van der Waals surface area contributed by atoms with E-state index < -0.39 is 0 Å². The lowest BCUT2D eigenvalue weighted by atomic mass is 9.84. The van der Waals surface area contributed by atoms with Gasteiger partial charge in [-0.2, -0.15) is 0 Å². The zero-order chi connectivity index (χ0) is 40.7. The lowest BCUT2D eigenvalue weighted by Crippen LogP contribution is -1.92. The van der Waals surface area contributed by atoms with Crippen molar-refractivity contribution in [3.8, 4) is 66.8 Å². The highest BCUT2D eigenvalue weighted by molar-refractivity contribution is 6.29. The van der Waals surface area contributed by atoms with Gasteiger partial charge in [0, 0.05) is 0 Å². The molecule has 62 heavy (non-hydrogen) atoms. The van der Waals surface area contributed by atoms with Crippen LogP contribution in [0.5, 0.6) is 0 Å². The van der Waals surface area contributed by atoms with E-state index in [2.05, 4.69) is 231 Å². The normalized spacial score (nSPS) is 11.9. The Kier molecular flexibility index (Phi) is 7.71. The highest BCUT2D eigenvalue weighted by Crippen LogP contribution is 2.46. The Morgan fingerprint density at radius 1 is 0.161 bits per heavy atom. The Morgan fingerprint density at radius 3 is 0.823 bits per heavy atom. The average molecular weight is 783 g/mol. The number of hydrogen-bond acceptors (Lipinski definition) is 0. The van der Waals surface area contributed by atoms with E-state index in [0.717, 1.165) is 0 Å². The maximum atomic E-state index is 2.44. The van der Waals surface area contributed by atoms with Crippen LogP contribution in [0.3, 0.4) is 0 Å². The quantitative estimate of drug-likeness (QED) is 0.147. The molecule has 13 aromatic carbocycles. The molecule has 0 N–H and O–H groups in total. The molecule has 0 aliphatic carbocycles. The van der Waals surface area contributed by atoms with Gasteiger partial charge in [-0.3, -0.25) is 0 Å². The van der Waals surface area contributed by atoms with Gasteiger partial charge in [-0.1, -0.05) is 206 Å². The second kappa shape index (κ2) is 13.7. The average Bonchev–Trinajstić information content (AvgIpc) is 3.35. The highest BCUT2D eigenvalue weighted by atomic mass is 14.2. The van der Waals surface area contributed by atoms with Gasteiger partial charge in [-0.05, 0) is 156 Å². The summed E-state index contributed by atoms with van der Waals surface area (Å²) in [5.74, 6) is 0. The van der Waals surface area contributed by atoms with Gasteiger partial charge in [0.1, 0.15) is 0 Å². The van der Waals surface area contributed by atoms with Gasteiger partial charge in [0.15, 0.2) is 0 Å². The molecule has 0 heteroatoms. The summed E-state index contributed by atoms with van der Waals surface area (Å²) in [6.07, 6.45) is 0. The molecule has 286 valence electrons. The van der Waals surface area contributed by atoms with Crippen molar-refractivity contribution >= 4 is 64.6 Å². The van der Waals surface area contributed by atoms with Crippen molar-refractivity contribution in [3.63, 3.8) is 0 Å². The van der Waals surface area contributed by atoms with Crippen molar-refractivity contribution in [1.82, 2.24) is 0 Å². The lowest BCUT2D eigenvalue weighted by molar-refractivity contribution is 1.58. The number of rotatable bonds is 6. The molecular formula is C62H38. The minimum absolute atomic E-state index is 1.20. The van der Waals surface area contributed by atoms with Gasteiger partial charge in [-0.15, -0.1) is 0 Å². The first-order valence-electron chi connectivity index (χ1n) is 21.6. The van der Waals surface area contributed by atoms with Crippen LogP contribution >= 0.6 is 0 Å². The number of hydrogen-bond donors (Lipinski definition) is 0. The predicted octanol–water partition coefficient (Wildman–Crippen LogP) is 17.5. The van der Waals surface area contributed by atoms with Crippen LogP contribution in [0.25, 0.3) is 131 Å². The fraction of sp³-hybridized carbons (Fsp3) is 0. The zero-order valence-corrected chi connectivity index (χ0v) is 33.9. The molecule has 13 aromatic rings. The number of benzene rings is 13. The third-order valence-corrected chi connectivity index (χ3v) is 13.4. The molecule has 0 aromatic heterocycles. The van der Waals surface area contributed by atoms with Crippen LogP contribution in [-0.4, -0.2) is 0 Å². The molecule has 0 unspecified atom stereocenters. The summed E-state index contributed by atoms with van der Waals surface area (Å²) >= 11 is 0. The first-order chi connectivity index (χ1) is 30.7. The van der Waals surface area contributed by atoms with Crippen LogP contribution in [0.15, 0.2) is 231 Å². The van der Waals surface area contributed by atoms with Crippen molar-refractivity contribution in [2.75, 3.05) is 0 Å². The van der Waals surface area contributed by atoms with E-state index in [1.807, 2.05) is 0 Å². The molecular weight excluding hydrogens is 745 g/mol. The Labute approximate surface area is 360 Å². The van der Waals surface area contributed by atoms with Gasteiger partial charge in [-0.25, -0.2) is 0 Å². The molecule has 0 nitrogen and oxygen atoms in total. The largest absolute Gasteiger partial charge is 0.0622 e. The van der Waals surface area contributed by atoms with Crippen molar-refractivity contribution in [2.24, 2.45) is 0 Å². The summed E-state index contributed by atoms with van der Waals surface area (Å²) in [4.78, 5) is 0. The Bertz CT molecular complexity index is 3610. The summed E-state index contributed by atoms with van der Waals surface area (Å²) in [6, 6.07) is 85.7. The van der Waals surface area contributed by atoms with Crippen LogP contribution in [-0.2, 0) is 0 Å². The molecule has 0 bridgehead atoms. The molecule has 0 amide bonds. The van der Waals surface area contributed by atoms with Gasteiger partial charge in [0.2, 0.25) is 0 Å². The second-order valence-corrected chi connectivity index (χ2v) is 16.8. The smallest absolute Gasteiger partial charge is 0.00203 e. The Balaban J connectivity index is 1.07. The molecule has 0 spiro atoms. The minimum atomic E-state index is 1.20. The van der Waals surface area contributed by atoms with Crippen molar-refractivity contribution < 1.29 is 0 Å². The Hall–Kier alpha value is -8.06. The first-order valence-corrected chi connectivity index (χ1v) is 21.6. The van der Waals surface area contributed by atoms with E-state index in [-0.39, 0.29) is 0 Å². The fourth-order valence-electron chi connectivity index (χ4n) is 10.5. The van der Waals surface area contributed by atoms with E-state index in [1.165, 1.54) is 131 Å².